The minimum absolute atomic E-state index is 0.112. The predicted octanol–water partition coefficient (Wildman–Crippen LogP) is 4.87. The number of hydrogen-bond acceptors (Lipinski definition) is 11. The normalized spacial score (nSPS) is 30.6. The third kappa shape index (κ3) is 11.4. The first-order valence-corrected chi connectivity index (χ1v) is 19.9. The maximum Gasteiger partial charge on any atom is 0.329 e. The summed E-state index contributed by atoms with van der Waals surface area (Å²) in [5.74, 6) is -7.25. The van der Waals surface area contributed by atoms with E-state index in [1.165, 1.54) is 12.0 Å². The number of Topliss-reactive ketones (excluding diaryl/α,β-unsaturated/α-hetero) is 2. The van der Waals surface area contributed by atoms with Crippen LogP contribution in [0.25, 0.3) is 0 Å². The summed E-state index contributed by atoms with van der Waals surface area (Å²) in [6, 6.07) is -1.10. The number of esters is 1. The maximum atomic E-state index is 14.2. The summed E-state index contributed by atoms with van der Waals surface area (Å²) in [5.41, 5.74) is 0. The highest BCUT2D eigenvalue weighted by Crippen LogP contribution is 2.38. The van der Waals surface area contributed by atoms with Gasteiger partial charge in [0.25, 0.3) is 11.7 Å². The number of carbonyl (C=O) groups excluding carboxylic acids is 4. The van der Waals surface area contributed by atoms with E-state index in [1.807, 2.05) is 13.8 Å². The van der Waals surface area contributed by atoms with Gasteiger partial charge >= 0.3 is 5.97 Å². The average Bonchev–Trinajstić information content (AvgIpc) is 3.16. The van der Waals surface area contributed by atoms with Gasteiger partial charge in [-0.1, -0.05) is 45.1 Å². The number of aliphatic hydroxyl groups is 3. The Kier molecular flexibility index (Phi) is 18.2. The number of carbonyl (C=O) groups is 4. The van der Waals surface area contributed by atoms with Gasteiger partial charge in [-0.25, -0.2) is 4.79 Å². The monoisotopic (exact) mass is 761 g/mol. The molecule has 12 atom stereocenters. The molecule has 0 aromatic carbocycles. The summed E-state index contributed by atoms with van der Waals surface area (Å²) in [6.45, 7) is 14.8. The van der Waals surface area contributed by atoms with E-state index < -0.39 is 71.8 Å². The van der Waals surface area contributed by atoms with Crippen LogP contribution in [0, 0.1) is 29.6 Å². The number of allylic oxidation sites excluding steroid dienone is 3. The molecule has 12 heteroatoms. The van der Waals surface area contributed by atoms with Crippen molar-refractivity contribution in [3.63, 3.8) is 0 Å². The molecule has 1 aliphatic carbocycles. The van der Waals surface area contributed by atoms with E-state index in [9.17, 15) is 34.5 Å². The van der Waals surface area contributed by atoms with Crippen LogP contribution in [0.4, 0.5) is 0 Å². The lowest BCUT2D eigenvalue weighted by Gasteiger charge is -2.43. The van der Waals surface area contributed by atoms with E-state index in [2.05, 4.69) is 13.2 Å². The molecule has 12 nitrogen and oxygen atoms in total. The van der Waals surface area contributed by atoms with Gasteiger partial charge in [0, 0.05) is 44.9 Å². The number of nitrogens with zero attached hydrogens (tertiary/aromatic N) is 1. The van der Waals surface area contributed by atoms with E-state index >= 15 is 0 Å². The third-order valence-electron chi connectivity index (χ3n) is 12.0. The van der Waals surface area contributed by atoms with Gasteiger partial charge in [0.15, 0.2) is 0 Å². The second kappa shape index (κ2) is 21.5. The lowest BCUT2D eigenvalue weighted by molar-refractivity contribution is -0.273. The van der Waals surface area contributed by atoms with Crippen molar-refractivity contribution in [2.45, 2.75) is 153 Å². The fourth-order valence-corrected chi connectivity index (χ4v) is 8.59. The first kappa shape index (κ1) is 45.6. The highest BCUT2D eigenvalue weighted by molar-refractivity contribution is 6.39. The Morgan fingerprint density at radius 2 is 1.70 bits per heavy atom. The van der Waals surface area contributed by atoms with Crippen LogP contribution in [0.15, 0.2) is 37.5 Å². The Hall–Kier alpha value is -2.74. The Bertz CT molecular complexity index is 1290. The number of rotatable bonds is 20. The Balaban J connectivity index is 1.86. The van der Waals surface area contributed by atoms with Gasteiger partial charge in [-0.05, 0) is 89.4 Å². The number of methoxy groups -OCH3 is 2. The van der Waals surface area contributed by atoms with E-state index in [-0.39, 0.29) is 49.0 Å². The number of amides is 1. The Morgan fingerprint density at radius 3 is 2.31 bits per heavy atom. The molecular weight excluding hydrogens is 694 g/mol. The molecular formula is C42H67NO11. The molecule has 3 fully saturated rings. The molecule has 0 bridgehead atoms. The summed E-state index contributed by atoms with van der Waals surface area (Å²) in [4.78, 5) is 56.6. The van der Waals surface area contributed by atoms with Gasteiger partial charge in [0.05, 0.1) is 24.4 Å². The van der Waals surface area contributed by atoms with E-state index in [1.54, 1.807) is 45.3 Å². The maximum absolute atomic E-state index is 14.2. The van der Waals surface area contributed by atoms with Crippen molar-refractivity contribution in [1.29, 1.82) is 0 Å². The summed E-state index contributed by atoms with van der Waals surface area (Å²) in [7, 11) is 3.08. The molecule has 2 heterocycles. The van der Waals surface area contributed by atoms with E-state index in [4.69, 9.17) is 18.9 Å². The molecule has 2 saturated heterocycles. The highest BCUT2D eigenvalue weighted by Gasteiger charge is 2.54. The molecule has 306 valence electrons. The zero-order valence-corrected chi connectivity index (χ0v) is 33.4. The van der Waals surface area contributed by atoms with Crippen LogP contribution in [0.2, 0.25) is 0 Å². The smallest absolute Gasteiger partial charge is 0.329 e. The molecule has 3 aliphatic rings. The molecule has 0 aromatic rings. The number of hydrogen-bond donors (Lipinski definition) is 3. The Labute approximate surface area is 322 Å². The van der Waals surface area contributed by atoms with Crippen LogP contribution in [-0.4, -0.2) is 113 Å². The number of ketones is 2. The third-order valence-corrected chi connectivity index (χ3v) is 12.0. The van der Waals surface area contributed by atoms with Gasteiger partial charge < -0.3 is 39.2 Å². The second-order valence-corrected chi connectivity index (χ2v) is 15.9. The molecule has 0 radical (unpaired) electrons. The SMILES string of the molecule is C=CCC(CC=C)C(=O)C[C@H](O)[C@@H](C)[C@H](OC(=O)[C@@H]1CCCCN1C(=O)C(=O)[C@]1(O)O[C@@H]([C@H](/C=C\C)OC)CC[C@H]1C)[C@H](C)C[C@@H]1CC[C@@H](O)[C@H](OC)C1. The summed E-state index contributed by atoms with van der Waals surface area (Å²) in [5, 5.41) is 33.5. The van der Waals surface area contributed by atoms with Crippen LogP contribution in [0.1, 0.15) is 105 Å². The number of aliphatic hydroxyl groups excluding tert-OH is 2. The van der Waals surface area contributed by atoms with Crippen LogP contribution >= 0.6 is 0 Å². The zero-order chi connectivity index (χ0) is 40.2. The molecule has 54 heavy (non-hydrogen) atoms. The minimum Gasteiger partial charge on any atom is -0.460 e. The second-order valence-electron chi connectivity index (χ2n) is 15.9. The molecule has 3 rings (SSSR count). The van der Waals surface area contributed by atoms with Crippen molar-refractivity contribution in [2.24, 2.45) is 29.6 Å². The molecule has 0 spiro atoms. The summed E-state index contributed by atoms with van der Waals surface area (Å²) >= 11 is 0. The van der Waals surface area contributed by atoms with Crippen molar-refractivity contribution in [2.75, 3.05) is 20.8 Å². The highest BCUT2D eigenvalue weighted by atomic mass is 16.6. The largest absolute Gasteiger partial charge is 0.460 e. The van der Waals surface area contributed by atoms with Crippen molar-refractivity contribution < 1.29 is 53.4 Å². The van der Waals surface area contributed by atoms with Crippen molar-refractivity contribution in [1.82, 2.24) is 4.90 Å². The fraction of sp³-hybridized carbons (Fsp3) is 0.762. The van der Waals surface area contributed by atoms with Gasteiger partial charge in [0.2, 0.25) is 5.79 Å². The standard InChI is InChI=1S/C42H67NO11/c1-9-14-30(15-10-2)34(46)25-33(45)28(6)38(26(4)23-29-19-20-32(44)37(24-29)52-8)53-41(49)31-17-12-13-22-43(31)40(48)39(47)42(50)27(5)18-21-36(54-42)35(51-7)16-11-3/h9-11,16,26-33,35-38,44-45,50H,1-2,12-15,17-25H2,3-8H3/b16-11-/t26-,27-,28-,29+,31+,32-,33+,35+,36-,37-,38-,42-/m1/s1. The first-order chi connectivity index (χ1) is 25.7. The minimum atomic E-state index is -2.41. The molecule has 0 aromatic heterocycles. The quantitative estimate of drug-likeness (QED) is 0.0880. The van der Waals surface area contributed by atoms with Crippen molar-refractivity contribution in [3.05, 3.63) is 37.5 Å². The number of piperidine rings is 1. The van der Waals surface area contributed by atoms with Gasteiger partial charge in [-0.2, -0.15) is 0 Å². The predicted molar refractivity (Wildman–Crippen MR) is 204 cm³/mol. The molecule has 0 unspecified atom stereocenters. The van der Waals surface area contributed by atoms with Crippen LogP contribution < -0.4 is 0 Å². The summed E-state index contributed by atoms with van der Waals surface area (Å²) in [6.07, 6.45) is 8.50. The first-order valence-electron chi connectivity index (χ1n) is 19.9. The Morgan fingerprint density at radius 1 is 1.02 bits per heavy atom. The number of ether oxygens (including phenoxy) is 4. The van der Waals surface area contributed by atoms with Gasteiger partial charge in [-0.15, -0.1) is 13.2 Å². The fourth-order valence-electron chi connectivity index (χ4n) is 8.59. The number of likely N-dealkylation sites (tertiary alicyclic amines) is 1. The molecule has 2 aliphatic heterocycles. The lowest BCUT2D eigenvalue weighted by atomic mass is 9.76. The van der Waals surface area contributed by atoms with E-state index in [0.29, 0.717) is 57.8 Å². The topological polar surface area (TPSA) is 169 Å². The lowest BCUT2D eigenvalue weighted by Crippen LogP contribution is -2.61. The molecule has 3 N–H and O–H groups in total. The summed E-state index contributed by atoms with van der Waals surface area (Å²) < 4.78 is 23.3. The van der Waals surface area contributed by atoms with Crippen molar-refractivity contribution in [3.8, 4) is 0 Å². The van der Waals surface area contributed by atoms with Gasteiger partial charge in [0.1, 0.15) is 24.0 Å². The van der Waals surface area contributed by atoms with Crippen LogP contribution in [0.5, 0.6) is 0 Å². The van der Waals surface area contributed by atoms with Crippen LogP contribution in [0.3, 0.4) is 0 Å². The molecule has 1 amide bonds. The molecule has 1 saturated carbocycles. The average molecular weight is 762 g/mol. The zero-order valence-electron chi connectivity index (χ0n) is 33.4. The van der Waals surface area contributed by atoms with Crippen molar-refractivity contribution >= 4 is 23.4 Å². The van der Waals surface area contributed by atoms with Gasteiger partial charge in [-0.3, -0.25) is 14.4 Å². The van der Waals surface area contributed by atoms with Crippen LogP contribution in [-0.2, 0) is 38.1 Å². The van der Waals surface area contributed by atoms with E-state index in [0.717, 1.165) is 6.42 Å².